The zero-order valence-electron chi connectivity index (χ0n) is 18.2. The van der Waals surface area contributed by atoms with Gasteiger partial charge in [0.25, 0.3) is 5.91 Å². The predicted molar refractivity (Wildman–Crippen MR) is 126 cm³/mol. The Morgan fingerprint density at radius 3 is 2.55 bits per heavy atom. The van der Waals surface area contributed by atoms with Crippen molar-refractivity contribution in [2.75, 3.05) is 18.5 Å². The molecule has 2 amide bonds. The number of hydrogen-bond donors (Lipinski definition) is 1. The summed E-state index contributed by atoms with van der Waals surface area (Å²) in [6, 6.07) is 17.3. The lowest BCUT2D eigenvalue weighted by Crippen LogP contribution is -2.39. The molecular formula is C26H24ClFN2O3. The summed E-state index contributed by atoms with van der Waals surface area (Å²) in [6.07, 6.45) is 1.98. The van der Waals surface area contributed by atoms with Crippen molar-refractivity contribution in [2.24, 2.45) is 0 Å². The molecule has 1 atom stereocenters. The second-order valence-corrected chi connectivity index (χ2v) is 8.33. The van der Waals surface area contributed by atoms with Gasteiger partial charge in [-0.1, -0.05) is 37.1 Å². The van der Waals surface area contributed by atoms with Gasteiger partial charge in [-0.05, 0) is 66.6 Å². The van der Waals surface area contributed by atoms with Gasteiger partial charge in [0.2, 0.25) is 5.91 Å². The molecule has 33 heavy (non-hydrogen) atoms. The van der Waals surface area contributed by atoms with Crippen molar-refractivity contribution < 1.29 is 18.7 Å². The van der Waals surface area contributed by atoms with Gasteiger partial charge in [-0.25, -0.2) is 4.39 Å². The van der Waals surface area contributed by atoms with Crippen molar-refractivity contribution in [3.63, 3.8) is 0 Å². The van der Waals surface area contributed by atoms with Gasteiger partial charge in [0.05, 0.1) is 12.6 Å². The first kappa shape index (κ1) is 22.8. The lowest BCUT2D eigenvalue weighted by molar-refractivity contribution is -0.117. The molecule has 0 saturated heterocycles. The van der Waals surface area contributed by atoms with Gasteiger partial charge in [-0.2, -0.15) is 0 Å². The van der Waals surface area contributed by atoms with Crippen molar-refractivity contribution >= 4 is 29.1 Å². The summed E-state index contributed by atoms with van der Waals surface area (Å²) in [4.78, 5) is 27.8. The van der Waals surface area contributed by atoms with E-state index in [2.05, 4.69) is 12.2 Å². The summed E-state index contributed by atoms with van der Waals surface area (Å²) < 4.78 is 19.3. The van der Waals surface area contributed by atoms with Gasteiger partial charge in [0, 0.05) is 21.8 Å². The number of carbonyl (C=O) groups is 2. The van der Waals surface area contributed by atoms with Crippen LogP contribution in [0.3, 0.4) is 0 Å². The van der Waals surface area contributed by atoms with Crippen LogP contribution in [0.5, 0.6) is 5.75 Å². The molecule has 3 aromatic carbocycles. The third kappa shape index (κ3) is 5.17. The van der Waals surface area contributed by atoms with Gasteiger partial charge in [0.15, 0.2) is 0 Å². The first-order valence-corrected chi connectivity index (χ1v) is 11.2. The van der Waals surface area contributed by atoms with Gasteiger partial charge < -0.3 is 15.0 Å². The van der Waals surface area contributed by atoms with E-state index in [1.807, 2.05) is 0 Å². The van der Waals surface area contributed by atoms with Gasteiger partial charge in [-0.3, -0.25) is 9.59 Å². The second-order valence-electron chi connectivity index (χ2n) is 7.89. The number of ether oxygens (including phenoxy) is 1. The smallest absolute Gasteiger partial charge is 0.255 e. The largest absolute Gasteiger partial charge is 0.494 e. The number of amides is 2. The molecule has 0 aliphatic carbocycles. The van der Waals surface area contributed by atoms with Crippen LogP contribution in [-0.2, 0) is 4.79 Å². The average molecular weight is 467 g/mol. The molecule has 3 aromatic rings. The molecule has 170 valence electrons. The predicted octanol–water partition coefficient (Wildman–Crippen LogP) is 5.84. The Kier molecular flexibility index (Phi) is 6.94. The minimum atomic E-state index is -0.633. The molecule has 0 saturated carbocycles. The summed E-state index contributed by atoms with van der Waals surface area (Å²) in [5.41, 5.74) is 2.31. The minimum absolute atomic E-state index is 0.165. The maximum Gasteiger partial charge on any atom is 0.255 e. The maximum absolute atomic E-state index is 13.6. The molecular weight excluding hydrogens is 443 g/mol. The highest BCUT2D eigenvalue weighted by Crippen LogP contribution is 2.38. The molecule has 0 spiro atoms. The quantitative estimate of drug-likeness (QED) is 0.464. The minimum Gasteiger partial charge on any atom is -0.494 e. The van der Waals surface area contributed by atoms with E-state index in [0.29, 0.717) is 39.8 Å². The summed E-state index contributed by atoms with van der Waals surface area (Å²) >= 11 is 6.27. The highest BCUT2D eigenvalue weighted by molar-refractivity contribution is 6.30. The molecule has 1 heterocycles. The fourth-order valence-corrected chi connectivity index (χ4v) is 4.05. The number of fused-ring (bicyclic) bond motifs is 1. The Morgan fingerprint density at radius 2 is 1.85 bits per heavy atom. The Bertz CT molecular complexity index is 1150. The van der Waals surface area contributed by atoms with E-state index in [-0.39, 0.29) is 24.2 Å². The SMILES string of the molecule is CCCCOc1ccc(C(=O)N2CC(=O)Nc3ccc(Cl)cc3C2c2ccc(F)cc2)cc1. The number of hydrogen-bond acceptors (Lipinski definition) is 3. The molecule has 1 unspecified atom stereocenters. The number of anilines is 1. The summed E-state index contributed by atoms with van der Waals surface area (Å²) in [6.45, 7) is 2.54. The first-order valence-electron chi connectivity index (χ1n) is 10.8. The van der Waals surface area contributed by atoms with Crippen LogP contribution in [0.2, 0.25) is 5.02 Å². The van der Waals surface area contributed by atoms with E-state index in [4.69, 9.17) is 16.3 Å². The molecule has 7 heteroatoms. The van der Waals surface area contributed by atoms with Gasteiger partial charge >= 0.3 is 0 Å². The lowest BCUT2D eigenvalue weighted by Gasteiger charge is -2.31. The fraction of sp³-hybridized carbons (Fsp3) is 0.231. The van der Waals surface area contributed by atoms with Crippen molar-refractivity contribution in [2.45, 2.75) is 25.8 Å². The van der Waals surface area contributed by atoms with Crippen LogP contribution in [0.15, 0.2) is 66.7 Å². The van der Waals surface area contributed by atoms with Crippen LogP contribution >= 0.6 is 11.6 Å². The number of benzene rings is 3. The first-order chi connectivity index (χ1) is 16.0. The van der Waals surface area contributed by atoms with Crippen molar-refractivity contribution in [3.8, 4) is 5.75 Å². The number of unbranched alkanes of at least 4 members (excludes halogenated alkanes) is 1. The van der Waals surface area contributed by atoms with Crippen molar-refractivity contribution in [3.05, 3.63) is 94.3 Å². The number of nitrogens with one attached hydrogen (secondary N) is 1. The molecule has 1 aliphatic rings. The van der Waals surface area contributed by atoms with E-state index in [0.717, 1.165) is 12.8 Å². The standard InChI is InChI=1S/C26H24ClFN2O3/c1-2-3-14-33-21-11-6-18(7-12-21)26(32)30-16-24(31)29-23-13-8-19(27)15-22(23)25(30)17-4-9-20(28)10-5-17/h4-13,15,25H,2-3,14,16H2,1H3,(H,29,31). The second kappa shape index (κ2) is 10.0. The number of carbonyl (C=O) groups excluding carboxylic acids is 2. The van der Waals surface area contributed by atoms with Crippen LogP contribution < -0.4 is 10.1 Å². The zero-order valence-corrected chi connectivity index (χ0v) is 18.9. The molecule has 1 aliphatic heterocycles. The van der Waals surface area contributed by atoms with Crippen LogP contribution in [0.4, 0.5) is 10.1 Å². The Morgan fingerprint density at radius 1 is 1.12 bits per heavy atom. The van der Waals surface area contributed by atoms with Crippen LogP contribution in [-0.4, -0.2) is 29.9 Å². The topological polar surface area (TPSA) is 58.6 Å². The third-order valence-corrected chi connectivity index (χ3v) is 5.76. The molecule has 1 N–H and O–H groups in total. The Labute approximate surface area is 197 Å². The Hall–Kier alpha value is -3.38. The molecule has 0 radical (unpaired) electrons. The molecule has 0 bridgehead atoms. The van der Waals surface area contributed by atoms with Gasteiger partial charge in [0.1, 0.15) is 18.1 Å². The van der Waals surface area contributed by atoms with Crippen LogP contribution in [0.1, 0.15) is 47.3 Å². The number of nitrogens with zero attached hydrogens (tertiary/aromatic N) is 1. The van der Waals surface area contributed by atoms with Crippen molar-refractivity contribution in [1.82, 2.24) is 4.90 Å². The third-order valence-electron chi connectivity index (χ3n) is 5.52. The Balaban J connectivity index is 1.73. The normalized spacial score (nSPS) is 15.4. The van der Waals surface area contributed by atoms with E-state index in [9.17, 15) is 14.0 Å². The van der Waals surface area contributed by atoms with E-state index in [1.165, 1.54) is 17.0 Å². The zero-order chi connectivity index (χ0) is 23.4. The summed E-state index contributed by atoms with van der Waals surface area (Å²) in [5, 5.41) is 3.32. The van der Waals surface area contributed by atoms with Crippen molar-refractivity contribution in [1.29, 1.82) is 0 Å². The van der Waals surface area contributed by atoms with Crippen LogP contribution in [0.25, 0.3) is 0 Å². The van der Waals surface area contributed by atoms with E-state index < -0.39 is 6.04 Å². The lowest BCUT2D eigenvalue weighted by atomic mass is 9.95. The highest BCUT2D eigenvalue weighted by Gasteiger charge is 2.34. The number of halogens is 2. The molecule has 0 aromatic heterocycles. The molecule has 4 rings (SSSR count). The molecule has 5 nitrogen and oxygen atoms in total. The van der Waals surface area contributed by atoms with E-state index in [1.54, 1.807) is 54.6 Å². The highest BCUT2D eigenvalue weighted by atomic mass is 35.5. The van der Waals surface area contributed by atoms with Gasteiger partial charge in [-0.15, -0.1) is 0 Å². The fourth-order valence-electron chi connectivity index (χ4n) is 3.86. The monoisotopic (exact) mass is 466 g/mol. The average Bonchev–Trinajstić information content (AvgIpc) is 2.95. The maximum atomic E-state index is 13.6. The number of rotatable bonds is 6. The van der Waals surface area contributed by atoms with E-state index >= 15 is 0 Å². The van der Waals surface area contributed by atoms with Crippen LogP contribution in [0, 0.1) is 5.82 Å². The molecule has 0 fully saturated rings. The summed E-state index contributed by atoms with van der Waals surface area (Å²) in [5.74, 6) is -0.353. The summed E-state index contributed by atoms with van der Waals surface area (Å²) in [7, 11) is 0.